The lowest BCUT2D eigenvalue weighted by Crippen LogP contribution is -2.38. The predicted molar refractivity (Wildman–Crippen MR) is 102 cm³/mol. The Morgan fingerprint density at radius 1 is 1.40 bits per heavy atom. The second-order valence-corrected chi connectivity index (χ2v) is 8.56. The molecule has 1 saturated heterocycles. The van der Waals surface area contributed by atoms with Crippen molar-refractivity contribution >= 4 is 28.8 Å². The number of carbonyl (C=O) groups excluding carboxylic acids is 1. The Morgan fingerprint density at radius 3 is 2.84 bits per heavy atom. The molecule has 0 spiro atoms. The zero-order valence-corrected chi connectivity index (χ0v) is 16.2. The van der Waals surface area contributed by atoms with Gasteiger partial charge in [-0.3, -0.25) is 14.4 Å². The number of nitrogens with zero attached hydrogens (tertiary/aromatic N) is 3. The molecule has 1 aliphatic rings. The van der Waals surface area contributed by atoms with E-state index in [1.807, 2.05) is 30.1 Å². The summed E-state index contributed by atoms with van der Waals surface area (Å²) in [5.41, 5.74) is 1.12. The second kappa shape index (κ2) is 8.83. The van der Waals surface area contributed by atoms with Gasteiger partial charge in [0.15, 0.2) is 0 Å². The molecule has 2 aromatic heterocycles. The molecule has 1 aliphatic heterocycles. The van der Waals surface area contributed by atoms with Crippen molar-refractivity contribution in [3.8, 4) is 0 Å². The highest BCUT2D eigenvalue weighted by atomic mass is 35.5. The molecule has 0 saturated carbocycles. The molecule has 0 aromatic carbocycles. The van der Waals surface area contributed by atoms with Gasteiger partial charge in [0.1, 0.15) is 0 Å². The molecule has 0 aliphatic carbocycles. The number of aryl methyl sites for hydroxylation is 2. The van der Waals surface area contributed by atoms with Crippen molar-refractivity contribution in [1.82, 2.24) is 20.0 Å². The summed E-state index contributed by atoms with van der Waals surface area (Å²) >= 11 is 7.65. The lowest BCUT2D eigenvalue weighted by molar-refractivity contribution is -0.121. The van der Waals surface area contributed by atoms with Crippen LogP contribution >= 0.6 is 22.9 Å². The Kier molecular flexibility index (Phi) is 6.51. The average Bonchev–Trinajstić information content (AvgIpc) is 3.20. The Hall–Kier alpha value is -1.37. The fourth-order valence-corrected chi connectivity index (χ4v) is 4.29. The number of likely N-dealkylation sites (tertiary alicyclic amines) is 1. The monoisotopic (exact) mass is 380 g/mol. The van der Waals surface area contributed by atoms with Crippen molar-refractivity contribution in [2.75, 3.05) is 19.6 Å². The smallest absolute Gasteiger partial charge is 0.221 e. The van der Waals surface area contributed by atoms with E-state index in [0.717, 1.165) is 48.9 Å². The van der Waals surface area contributed by atoms with E-state index >= 15 is 0 Å². The summed E-state index contributed by atoms with van der Waals surface area (Å²) in [6, 6.07) is 4.08. The second-order valence-electron chi connectivity index (χ2n) is 6.76. The normalized spacial score (nSPS) is 16.2. The molecule has 0 bridgehead atoms. The van der Waals surface area contributed by atoms with E-state index in [0.29, 0.717) is 18.9 Å². The first-order valence-electron chi connectivity index (χ1n) is 8.81. The molecule has 0 unspecified atom stereocenters. The van der Waals surface area contributed by atoms with Crippen molar-refractivity contribution < 1.29 is 4.79 Å². The van der Waals surface area contributed by atoms with Crippen molar-refractivity contribution in [2.45, 2.75) is 39.3 Å². The van der Waals surface area contributed by atoms with E-state index in [9.17, 15) is 4.79 Å². The van der Waals surface area contributed by atoms with Crippen LogP contribution < -0.4 is 5.32 Å². The van der Waals surface area contributed by atoms with E-state index < -0.39 is 0 Å². The van der Waals surface area contributed by atoms with E-state index in [-0.39, 0.29) is 5.91 Å². The van der Waals surface area contributed by atoms with Crippen LogP contribution in [0, 0.1) is 12.8 Å². The van der Waals surface area contributed by atoms with Crippen LogP contribution in [0.15, 0.2) is 24.5 Å². The van der Waals surface area contributed by atoms with Gasteiger partial charge in [-0.05, 0) is 56.5 Å². The molecular formula is C18H25ClN4OS. The molecule has 7 heteroatoms. The minimum atomic E-state index is 0.115. The first kappa shape index (κ1) is 18.4. The maximum Gasteiger partial charge on any atom is 0.221 e. The van der Waals surface area contributed by atoms with Gasteiger partial charge in [-0.15, -0.1) is 11.3 Å². The Morgan fingerprint density at radius 2 is 2.20 bits per heavy atom. The zero-order valence-electron chi connectivity index (χ0n) is 14.6. The molecule has 3 heterocycles. The number of rotatable bonds is 7. The summed E-state index contributed by atoms with van der Waals surface area (Å²) in [5.74, 6) is 0.697. The molecule has 136 valence electrons. The van der Waals surface area contributed by atoms with Gasteiger partial charge in [0.05, 0.1) is 10.5 Å². The van der Waals surface area contributed by atoms with Gasteiger partial charge in [-0.2, -0.15) is 5.10 Å². The van der Waals surface area contributed by atoms with Gasteiger partial charge in [-0.25, -0.2) is 0 Å². The maximum atomic E-state index is 12.0. The Labute approximate surface area is 158 Å². The average molecular weight is 381 g/mol. The zero-order chi connectivity index (χ0) is 17.6. The third kappa shape index (κ3) is 5.83. The summed E-state index contributed by atoms with van der Waals surface area (Å²) in [5, 5.41) is 7.29. The molecule has 25 heavy (non-hydrogen) atoms. The minimum Gasteiger partial charge on any atom is -0.356 e. The van der Waals surface area contributed by atoms with Gasteiger partial charge in [0.25, 0.3) is 0 Å². The van der Waals surface area contributed by atoms with Gasteiger partial charge < -0.3 is 5.32 Å². The van der Waals surface area contributed by atoms with E-state index in [1.54, 1.807) is 11.3 Å². The maximum absolute atomic E-state index is 12.0. The van der Waals surface area contributed by atoms with Crippen LogP contribution in [0.5, 0.6) is 0 Å². The fraction of sp³-hybridized carbons (Fsp3) is 0.556. The van der Waals surface area contributed by atoms with Crippen molar-refractivity contribution in [1.29, 1.82) is 0 Å². The molecule has 3 rings (SSSR count). The van der Waals surface area contributed by atoms with Crippen LogP contribution in [0.1, 0.15) is 29.7 Å². The number of carbonyl (C=O) groups is 1. The van der Waals surface area contributed by atoms with Crippen LogP contribution in [-0.2, 0) is 17.9 Å². The van der Waals surface area contributed by atoms with Crippen LogP contribution in [0.25, 0.3) is 0 Å². The van der Waals surface area contributed by atoms with E-state index in [1.165, 1.54) is 4.88 Å². The van der Waals surface area contributed by atoms with Crippen LogP contribution in [-0.4, -0.2) is 40.2 Å². The van der Waals surface area contributed by atoms with E-state index in [4.69, 9.17) is 11.6 Å². The standard InChI is InChI=1S/C18H25ClN4OS/c1-14-10-21-23(12-14)9-6-18(24)20-11-15-4-7-22(8-5-15)13-16-2-3-17(19)25-16/h2-3,10,12,15H,4-9,11,13H2,1H3,(H,20,24). The number of thiophene rings is 1. The molecular weight excluding hydrogens is 356 g/mol. The SMILES string of the molecule is Cc1cnn(CCC(=O)NCC2CCN(Cc3ccc(Cl)s3)CC2)c1. The number of amides is 1. The van der Waals surface area contributed by atoms with Crippen molar-refractivity contribution in [2.24, 2.45) is 5.92 Å². The Bertz CT molecular complexity index is 691. The van der Waals surface area contributed by atoms with Crippen LogP contribution in [0.3, 0.4) is 0 Å². The highest BCUT2D eigenvalue weighted by molar-refractivity contribution is 7.16. The third-order valence-corrected chi connectivity index (χ3v) is 5.85. The van der Waals surface area contributed by atoms with Gasteiger partial charge in [0, 0.05) is 37.1 Å². The minimum absolute atomic E-state index is 0.115. The fourth-order valence-electron chi connectivity index (χ4n) is 3.16. The predicted octanol–water partition coefficient (Wildman–Crippen LogP) is 3.32. The largest absolute Gasteiger partial charge is 0.356 e. The van der Waals surface area contributed by atoms with Gasteiger partial charge >= 0.3 is 0 Å². The summed E-state index contributed by atoms with van der Waals surface area (Å²) in [6.45, 7) is 6.59. The summed E-state index contributed by atoms with van der Waals surface area (Å²) in [6.07, 6.45) is 6.54. The summed E-state index contributed by atoms with van der Waals surface area (Å²) in [7, 11) is 0. The van der Waals surface area contributed by atoms with Gasteiger partial charge in [0.2, 0.25) is 5.91 Å². The number of nitrogens with one attached hydrogen (secondary N) is 1. The number of halogens is 1. The lowest BCUT2D eigenvalue weighted by atomic mass is 9.96. The number of aromatic nitrogens is 2. The quantitative estimate of drug-likeness (QED) is 0.801. The van der Waals surface area contributed by atoms with Crippen LogP contribution in [0.2, 0.25) is 4.34 Å². The molecule has 0 radical (unpaired) electrons. The number of hydrogen-bond donors (Lipinski definition) is 1. The van der Waals surface area contributed by atoms with E-state index in [2.05, 4.69) is 21.4 Å². The molecule has 1 fully saturated rings. The highest BCUT2D eigenvalue weighted by Crippen LogP contribution is 2.25. The first-order valence-corrected chi connectivity index (χ1v) is 10.0. The van der Waals surface area contributed by atoms with Gasteiger partial charge in [-0.1, -0.05) is 11.6 Å². The summed E-state index contributed by atoms with van der Waals surface area (Å²) < 4.78 is 2.68. The van der Waals surface area contributed by atoms with Crippen LogP contribution in [0.4, 0.5) is 0 Å². The molecule has 1 N–H and O–H groups in total. The number of hydrogen-bond acceptors (Lipinski definition) is 4. The molecule has 5 nitrogen and oxygen atoms in total. The summed E-state index contributed by atoms with van der Waals surface area (Å²) in [4.78, 5) is 15.8. The Balaban J connectivity index is 1.31. The van der Waals surface area contributed by atoms with Crippen molar-refractivity contribution in [3.05, 3.63) is 39.3 Å². The third-order valence-electron chi connectivity index (χ3n) is 4.63. The topological polar surface area (TPSA) is 50.2 Å². The van der Waals surface area contributed by atoms with Crippen molar-refractivity contribution in [3.63, 3.8) is 0 Å². The highest BCUT2D eigenvalue weighted by Gasteiger charge is 2.20. The lowest BCUT2D eigenvalue weighted by Gasteiger charge is -2.31. The number of piperidine rings is 1. The molecule has 2 aromatic rings. The first-order chi connectivity index (χ1) is 12.1. The molecule has 1 amide bonds. The molecule has 0 atom stereocenters.